The van der Waals surface area contributed by atoms with E-state index in [2.05, 4.69) is 85.5 Å². The van der Waals surface area contributed by atoms with Gasteiger partial charge in [-0.1, -0.05) is 136 Å². The number of thiocarbonyl (C=S) groups is 1. The fraction of sp³-hybridized carbons (Fsp3) is 0.333. The molecule has 0 aromatic heterocycles. The van der Waals surface area contributed by atoms with E-state index in [9.17, 15) is 4.79 Å². The molecule has 0 aliphatic carbocycles. The molecular weight excluding hydrogens is 606 g/mol. The van der Waals surface area contributed by atoms with E-state index in [1.807, 2.05) is 68.6 Å². The summed E-state index contributed by atoms with van der Waals surface area (Å²) < 4.78 is 0. The zero-order valence-electron chi connectivity index (χ0n) is 21.4. The third kappa shape index (κ3) is 17.7. The van der Waals surface area contributed by atoms with Crippen molar-refractivity contribution in [2.45, 2.75) is 47.9 Å². The Labute approximate surface area is 266 Å². The van der Waals surface area contributed by atoms with Crippen LogP contribution in [0, 0.1) is 6.92 Å². The normalized spacial score (nSPS) is 9.67. The Bertz CT molecular complexity index is 1010. The van der Waals surface area contributed by atoms with Gasteiger partial charge in [-0.3, -0.25) is 4.79 Å². The number of hydrogen-bond acceptors (Lipinski definition) is 3. The molecule has 2 N–H and O–H groups in total. The second kappa shape index (κ2) is 28.0. The number of halogens is 3. The first-order chi connectivity index (χ1) is 17.2. The van der Waals surface area contributed by atoms with Crippen LogP contribution in [-0.4, -0.2) is 31.4 Å². The van der Waals surface area contributed by atoms with E-state index >= 15 is 0 Å². The average molecular weight is 652 g/mol. The van der Waals surface area contributed by atoms with Crippen molar-refractivity contribution in [3.05, 3.63) is 106 Å². The van der Waals surface area contributed by atoms with E-state index in [4.69, 9.17) is 23.2 Å². The summed E-state index contributed by atoms with van der Waals surface area (Å²) in [5, 5.41) is 5.82. The second-order valence-electron chi connectivity index (χ2n) is 6.98. The number of carbonyl (C=O) groups is 1. The monoisotopic (exact) mass is 650 g/mol. The topological polar surface area (TPSA) is 41.1 Å². The van der Waals surface area contributed by atoms with E-state index in [1.54, 1.807) is 7.05 Å². The fourth-order valence-corrected chi connectivity index (χ4v) is 3.41. The molecule has 0 saturated carbocycles. The van der Waals surface area contributed by atoms with Gasteiger partial charge in [0.15, 0.2) is 0 Å². The minimum atomic E-state index is -0.798. The van der Waals surface area contributed by atoms with E-state index in [0.29, 0.717) is 5.02 Å². The van der Waals surface area contributed by atoms with Crippen molar-refractivity contribution in [1.82, 2.24) is 10.6 Å². The van der Waals surface area contributed by atoms with Gasteiger partial charge in [-0.25, -0.2) is 0 Å². The van der Waals surface area contributed by atoms with Gasteiger partial charge in [0.2, 0.25) is 5.91 Å². The number of aryl methyl sites for hydroxylation is 1. The van der Waals surface area contributed by atoms with Crippen LogP contribution in [0.3, 0.4) is 0 Å². The van der Waals surface area contributed by atoms with Crippen LogP contribution in [0.25, 0.3) is 0 Å². The van der Waals surface area contributed by atoms with Gasteiger partial charge in [-0.2, -0.15) is 0 Å². The number of alkyl halides is 2. The first-order valence-corrected chi connectivity index (χ1v) is 14.2. The van der Waals surface area contributed by atoms with Crippen LogP contribution in [0.15, 0.2) is 78.9 Å². The highest BCUT2D eigenvalue weighted by atomic mass is 35.5. The predicted octanol–water partition coefficient (Wildman–Crippen LogP) is 9.84. The maximum absolute atomic E-state index is 9.70. The zero-order chi connectivity index (χ0) is 28.1. The van der Waals surface area contributed by atoms with Gasteiger partial charge in [0.25, 0.3) is 0 Å². The number of amides is 1. The van der Waals surface area contributed by atoms with Gasteiger partial charge < -0.3 is 10.6 Å². The summed E-state index contributed by atoms with van der Waals surface area (Å²) in [4.78, 5) is 9.74. The first kappa shape index (κ1) is 47.2. The lowest BCUT2D eigenvalue weighted by atomic mass is 9.84. The van der Waals surface area contributed by atoms with Crippen molar-refractivity contribution in [2.75, 3.05) is 20.5 Å². The van der Waals surface area contributed by atoms with Gasteiger partial charge in [0, 0.05) is 38.0 Å². The predicted molar refractivity (Wildman–Crippen MR) is 190 cm³/mol. The number of hydrogen-bond donors (Lipinski definition) is 2. The molecule has 1 unspecified atom stereocenters. The molecule has 1 amide bonds. The number of benzene rings is 3. The fourth-order valence-electron chi connectivity index (χ4n) is 2.67. The average Bonchev–Trinajstić information content (AvgIpc) is 2.92. The van der Waals surface area contributed by atoms with Crippen LogP contribution in [-0.2, 0) is 21.5 Å². The van der Waals surface area contributed by atoms with Gasteiger partial charge >= 0.3 is 0 Å². The van der Waals surface area contributed by atoms with Crippen molar-refractivity contribution >= 4 is 77.7 Å². The third-order valence-electron chi connectivity index (χ3n) is 4.57. The molecule has 0 aliphatic rings. The molecule has 0 bridgehead atoms. The van der Waals surface area contributed by atoms with Crippen LogP contribution >= 0.6 is 55.0 Å². The lowest BCUT2D eigenvalue weighted by Gasteiger charge is -2.30. The quantitative estimate of drug-likeness (QED) is 0.128. The summed E-state index contributed by atoms with van der Waals surface area (Å²) in [6, 6.07) is 26.1. The van der Waals surface area contributed by atoms with Crippen molar-refractivity contribution in [3.8, 4) is 0 Å². The Morgan fingerprint density at radius 1 is 0.769 bits per heavy atom. The van der Waals surface area contributed by atoms with Gasteiger partial charge in [-0.05, 0) is 39.1 Å². The molecule has 0 aliphatic heterocycles. The summed E-state index contributed by atoms with van der Waals surface area (Å²) in [5.41, 5.74) is 4.12. The molecule has 3 rings (SSSR count). The van der Waals surface area contributed by atoms with Crippen LogP contribution in [0.2, 0.25) is 5.02 Å². The summed E-state index contributed by atoms with van der Waals surface area (Å²) >= 11 is 26.8. The van der Waals surface area contributed by atoms with Gasteiger partial charge in [0.1, 0.15) is 4.87 Å². The minimum absolute atomic E-state index is 0. The molecule has 9 heteroatoms. The molecule has 0 heterocycles. The number of rotatable bonds is 3. The van der Waals surface area contributed by atoms with E-state index in [0.717, 1.165) is 21.7 Å². The summed E-state index contributed by atoms with van der Waals surface area (Å²) in [6.07, 6.45) is 1.47. The second-order valence-corrected chi connectivity index (χ2v) is 8.57. The van der Waals surface area contributed by atoms with Crippen LogP contribution in [0.1, 0.15) is 58.4 Å². The lowest BCUT2D eigenvalue weighted by molar-refractivity contribution is -0.118. The Morgan fingerprint density at radius 3 is 1.49 bits per heavy atom. The maximum atomic E-state index is 9.70. The molecular formula is C30H46Cl3N2OPS2. The van der Waals surface area contributed by atoms with Gasteiger partial charge in [-0.15, -0.1) is 23.2 Å². The van der Waals surface area contributed by atoms with Crippen molar-refractivity contribution in [2.24, 2.45) is 0 Å². The largest absolute Gasteiger partial charge is 0.383 e. The minimum Gasteiger partial charge on any atom is -0.383 e. The highest BCUT2D eigenvalue weighted by Gasteiger charge is 2.35. The van der Waals surface area contributed by atoms with Crippen LogP contribution in [0.4, 0.5) is 0 Å². The number of nitrogens with one attached hydrogen (secondary N) is 2. The standard InChI is InChI=1S/C20H16Cl2.C3H7NO.C3H7NS.CH3Cl.3CH4.HPS/c1-15-11-13-17(14-12-15)20(22,16-7-3-2-4-8-16)18-9-5-6-10-19(18)21;2*1-3(5)4-2;1-2;;;;1-2/h2-14H,1H3;2*1-2H3,(H,4,5);1H3;3*1H4;1H. The molecule has 0 spiro atoms. The van der Waals surface area contributed by atoms with Crippen molar-refractivity contribution < 1.29 is 4.79 Å². The molecule has 1 atom stereocenters. The van der Waals surface area contributed by atoms with Gasteiger partial charge in [0.05, 0.1) is 4.99 Å². The molecule has 39 heavy (non-hydrogen) atoms. The highest BCUT2D eigenvalue weighted by Crippen LogP contribution is 2.45. The van der Waals surface area contributed by atoms with Crippen molar-refractivity contribution in [1.29, 1.82) is 0 Å². The molecule has 3 aromatic rings. The van der Waals surface area contributed by atoms with E-state index < -0.39 is 4.87 Å². The number of carbonyl (C=O) groups excluding carboxylic acids is 1. The summed E-state index contributed by atoms with van der Waals surface area (Å²) in [6.45, 7) is 5.38. The van der Waals surface area contributed by atoms with Crippen LogP contribution < -0.4 is 10.6 Å². The molecule has 3 nitrogen and oxygen atoms in total. The van der Waals surface area contributed by atoms with Crippen molar-refractivity contribution in [3.63, 3.8) is 0 Å². The smallest absolute Gasteiger partial charge is 0.216 e. The molecule has 0 radical (unpaired) electrons. The molecule has 0 fully saturated rings. The third-order valence-corrected chi connectivity index (χ3v) is 5.74. The Hall–Kier alpha value is -1.59. The Balaban J connectivity index is -0.000000193. The molecule has 220 valence electrons. The molecule has 3 aromatic carbocycles. The highest BCUT2D eigenvalue weighted by molar-refractivity contribution is 7.88. The SMILES string of the molecule is C.C.C.CCl.CNC(C)=O.CNC(C)=S.Cc1ccc(C(Cl)(c2ccccc2)c2ccccc2Cl)cc1.P=S. The Morgan fingerprint density at radius 2 is 1.13 bits per heavy atom. The van der Waals surface area contributed by atoms with Crippen LogP contribution in [0.5, 0.6) is 0 Å². The zero-order valence-corrected chi connectivity index (χ0v) is 26.3. The Kier molecular flexibility index (Phi) is 33.8. The lowest BCUT2D eigenvalue weighted by Crippen LogP contribution is -2.22. The summed E-state index contributed by atoms with van der Waals surface area (Å²) in [7, 11) is 5.96. The first-order valence-electron chi connectivity index (χ1n) is 10.7. The van der Waals surface area contributed by atoms with E-state index in [1.165, 1.54) is 18.9 Å². The molecule has 0 saturated heterocycles. The maximum Gasteiger partial charge on any atom is 0.216 e. The summed E-state index contributed by atoms with van der Waals surface area (Å²) in [5.74, 6) is 0.00463. The van der Waals surface area contributed by atoms with E-state index in [-0.39, 0.29) is 28.2 Å².